The number of halogens is 1. The number of pyridine rings is 1. The van der Waals surface area contributed by atoms with E-state index in [0.29, 0.717) is 23.8 Å². The van der Waals surface area contributed by atoms with Gasteiger partial charge in [0.25, 0.3) is 0 Å². The maximum atomic E-state index is 12.9. The molecule has 0 bridgehead atoms. The largest absolute Gasteiger partial charge is 0.329 e. The van der Waals surface area contributed by atoms with Crippen molar-refractivity contribution in [1.29, 1.82) is 0 Å². The average molecular weight is 373 g/mol. The summed E-state index contributed by atoms with van der Waals surface area (Å²) in [5.74, 6) is -0.337. The van der Waals surface area contributed by atoms with Gasteiger partial charge in [-0.05, 0) is 48.9 Å². The standard InChI is InChI=1S/C19H21ClN4O2/c20-16-3-5-17(6-4-16)23-18(25)13-24(12-14-2-1-8-21-10-14)19(26)15-7-9-22-11-15/h1-6,8,10,15,22H,7,9,11-13H2,(H,23,25). The lowest BCUT2D eigenvalue weighted by atomic mass is 10.1. The van der Waals surface area contributed by atoms with Crippen LogP contribution >= 0.6 is 11.6 Å². The van der Waals surface area contributed by atoms with E-state index in [1.807, 2.05) is 12.1 Å². The molecule has 2 heterocycles. The van der Waals surface area contributed by atoms with E-state index in [-0.39, 0.29) is 24.3 Å². The van der Waals surface area contributed by atoms with Gasteiger partial charge in [-0.1, -0.05) is 17.7 Å². The molecule has 1 aromatic heterocycles. The molecular weight excluding hydrogens is 352 g/mol. The van der Waals surface area contributed by atoms with Crippen LogP contribution in [0.1, 0.15) is 12.0 Å². The van der Waals surface area contributed by atoms with Crippen molar-refractivity contribution < 1.29 is 9.59 Å². The van der Waals surface area contributed by atoms with Crippen molar-refractivity contribution in [2.75, 3.05) is 25.0 Å². The number of amides is 2. The zero-order valence-electron chi connectivity index (χ0n) is 14.3. The monoisotopic (exact) mass is 372 g/mol. The van der Waals surface area contributed by atoms with Crippen LogP contribution in [0.4, 0.5) is 5.69 Å². The highest BCUT2D eigenvalue weighted by Crippen LogP contribution is 2.16. The molecule has 1 atom stereocenters. The van der Waals surface area contributed by atoms with E-state index >= 15 is 0 Å². The van der Waals surface area contributed by atoms with Crippen molar-refractivity contribution >= 4 is 29.1 Å². The Morgan fingerprint density at radius 3 is 2.73 bits per heavy atom. The van der Waals surface area contributed by atoms with Gasteiger partial charge >= 0.3 is 0 Å². The summed E-state index contributed by atoms with van der Waals surface area (Å²) in [6.07, 6.45) is 4.19. The maximum Gasteiger partial charge on any atom is 0.244 e. The van der Waals surface area contributed by atoms with Crippen molar-refractivity contribution in [1.82, 2.24) is 15.2 Å². The molecule has 0 spiro atoms. The topological polar surface area (TPSA) is 74.3 Å². The van der Waals surface area contributed by atoms with E-state index in [9.17, 15) is 9.59 Å². The van der Waals surface area contributed by atoms with Crippen LogP contribution in [0.2, 0.25) is 5.02 Å². The Balaban J connectivity index is 1.68. The van der Waals surface area contributed by atoms with Crippen LogP contribution in [0.3, 0.4) is 0 Å². The minimum atomic E-state index is -0.240. The van der Waals surface area contributed by atoms with Crippen LogP contribution in [0.5, 0.6) is 0 Å². The average Bonchev–Trinajstić information content (AvgIpc) is 3.18. The summed E-state index contributed by atoms with van der Waals surface area (Å²) in [5.41, 5.74) is 1.54. The smallest absolute Gasteiger partial charge is 0.244 e. The summed E-state index contributed by atoms with van der Waals surface area (Å²) in [7, 11) is 0. The number of nitrogens with one attached hydrogen (secondary N) is 2. The van der Waals surface area contributed by atoms with Gasteiger partial charge in [0.2, 0.25) is 11.8 Å². The summed E-state index contributed by atoms with van der Waals surface area (Å²) in [5, 5.41) is 6.61. The van der Waals surface area contributed by atoms with Crippen LogP contribution in [0.25, 0.3) is 0 Å². The highest BCUT2D eigenvalue weighted by Gasteiger charge is 2.28. The number of rotatable bonds is 6. The minimum absolute atomic E-state index is 0.00709. The Morgan fingerprint density at radius 1 is 1.27 bits per heavy atom. The highest BCUT2D eigenvalue weighted by molar-refractivity contribution is 6.30. The van der Waals surface area contributed by atoms with Gasteiger partial charge in [0, 0.05) is 36.2 Å². The summed E-state index contributed by atoms with van der Waals surface area (Å²) in [4.78, 5) is 31.0. The number of anilines is 1. The lowest BCUT2D eigenvalue weighted by Gasteiger charge is -2.25. The minimum Gasteiger partial charge on any atom is -0.329 e. The molecule has 1 fully saturated rings. The molecule has 1 aromatic carbocycles. The second kappa shape index (κ2) is 8.78. The molecule has 1 saturated heterocycles. The van der Waals surface area contributed by atoms with Crippen molar-refractivity contribution in [3.8, 4) is 0 Å². The first-order chi connectivity index (χ1) is 12.6. The molecular formula is C19H21ClN4O2. The molecule has 0 saturated carbocycles. The van der Waals surface area contributed by atoms with Crippen molar-refractivity contribution in [2.24, 2.45) is 5.92 Å². The van der Waals surface area contributed by atoms with Crippen LogP contribution in [0.15, 0.2) is 48.8 Å². The quantitative estimate of drug-likeness (QED) is 0.816. The van der Waals surface area contributed by atoms with E-state index in [2.05, 4.69) is 15.6 Å². The first-order valence-electron chi connectivity index (χ1n) is 8.55. The van der Waals surface area contributed by atoms with Crippen molar-refractivity contribution in [3.05, 3.63) is 59.4 Å². The van der Waals surface area contributed by atoms with Gasteiger partial charge in [0.15, 0.2) is 0 Å². The van der Waals surface area contributed by atoms with Crippen LogP contribution in [-0.4, -0.2) is 41.3 Å². The van der Waals surface area contributed by atoms with Crippen LogP contribution in [0, 0.1) is 5.92 Å². The summed E-state index contributed by atoms with van der Waals surface area (Å²) in [6, 6.07) is 10.6. The summed E-state index contributed by atoms with van der Waals surface area (Å²) in [6.45, 7) is 1.83. The first-order valence-corrected chi connectivity index (χ1v) is 8.93. The fraction of sp³-hybridized carbons (Fsp3) is 0.316. The number of carbonyl (C=O) groups is 2. The zero-order chi connectivity index (χ0) is 18.4. The third kappa shape index (κ3) is 5.03. The van der Waals surface area contributed by atoms with Crippen molar-refractivity contribution in [3.63, 3.8) is 0 Å². The molecule has 1 unspecified atom stereocenters. The molecule has 2 aromatic rings. The van der Waals surface area contributed by atoms with E-state index in [0.717, 1.165) is 18.5 Å². The van der Waals surface area contributed by atoms with Gasteiger partial charge in [-0.2, -0.15) is 0 Å². The number of nitrogens with zero attached hydrogens (tertiary/aromatic N) is 2. The molecule has 1 aliphatic rings. The molecule has 6 nitrogen and oxygen atoms in total. The number of carbonyl (C=O) groups excluding carboxylic acids is 2. The predicted octanol–water partition coefficient (Wildman–Crippen LogP) is 2.31. The van der Waals surface area contributed by atoms with E-state index in [1.54, 1.807) is 41.6 Å². The Kier molecular flexibility index (Phi) is 6.20. The predicted molar refractivity (Wildman–Crippen MR) is 101 cm³/mol. The number of aromatic nitrogens is 1. The van der Waals surface area contributed by atoms with Crippen LogP contribution in [-0.2, 0) is 16.1 Å². The molecule has 26 heavy (non-hydrogen) atoms. The molecule has 136 valence electrons. The van der Waals surface area contributed by atoms with E-state index in [1.165, 1.54) is 0 Å². The summed E-state index contributed by atoms with van der Waals surface area (Å²) < 4.78 is 0. The Morgan fingerprint density at radius 2 is 2.08 bits per heavy atom. The SMILES string of the molecule is O=C(CN(Cc1cccnc1)C(=O)C1CCNC1)Nc1ccc(Cl)cc1. The zero-order valence-corrected chi connectivity index (χ0v) is 15.1. The highest BCUT2D eigenvalue weighted by atomic mass is 35.5. The maximum absolute atomic E-state index is 12.9. The Labute approximate surface area is 157 Å². The molecule has 7 heteroatoms. The lowest BCUT2D eigenvalue weighted by Crippen LogP contribution is -2.41. The molecule has 0 aliphatic carbocycles. The Hall–Kier alpha value is -2.44. The molecule has 0 radical (unpaired) electrons. The molecule has 1 aliphatic heterocycles. The second-order valence-corrected chi connectivity index (χ2v) is 6.74. The first kappa shape index (κ1) is 18.4. The Bertz CT molecular complexity index is 746. The second-order valence-electron chi connectivity index (χ2n) is 6.30. The third-order valence-corrected chi connectivity index (χ3v) is 4.53. The number of benzene rings is 1. The van der Waals surface area contributed by atoms with Gasteiger partial charge in [-0.25, -0.2) is 0 Å². The van der Waals surface area contributed by atoms with Crippen molar-refractivity contribution in [2.45, 2.75) is 13.0 Å². The summed E-state index contributed by atoms with van der Waals surface area (Å²) >= 11 is 5.86. The molecule has 2 N–H and O–H groups in total. The molecule has 3 rings (SSSR count). The van der Waals surface area contributed by atoms with Gasteiger partial charge < -0.3 is 15.5 Å². The van der Waals surface area contributed by atoms with Crippen LogP contribution < -0.4 is 10.6 Å². The number of hydrogen-bond donors (Lipinski definition) is 2. The van der Waals surface area contributed by atoms with Gasteiger partial charge in [0.1, 0.15) is 6.54 Å². The van der Waals surface area contributed by atoms with Gasteiger partial charge in [-0.15, -0.1) is 0 Å². The van der Waals surface area contributed by atoms with E-state index < -0.39 is 0 Å². The third-order valence-electron chi connectivity index (χ3n) is 4.28. The number of hydrogen-bond acceptors (Lipinski definition) is 4. The lowest BCUT2D eigenvalue weighted by molar-refractivity contribution is -0.138. The van der Waals surface area contributed by atoms with E-state index in [4.69, 9.17) is 11.6 Å². The van der Waals surface area contributed by atoms with Gasteiger partial charge in [-0.3, -0.25) is 14.6 Å². The van der Waals surface area contributed by atoms with Gasteiger partial charge in [0.05, 0.1) is 5.92 Å². The normalized spacial score (nSPS) is 16.3. The fourth-order valence-corrected chi connectivity index (χ4v) is 3.08. The molecule has 2 amide bonds. The fourth-order valence-electron chi connectivity index (χ4n) is 2.95.